The van der Waals surface area contributed by atoms with Crippen LogP contribution in [0.3, 0.4) is 0 Å². The molecule has 0 spiro atoms. The van der Waals surface area contributed by atoms with Gasteiger partial charge in [-0.25, -0.2) is 0 Å². The summed E-state index contributed by atoms with van der Waals surface area (Å²) in [6.45, 7) is 4.54. The molecule has 1 saturated carbocycles. The Balaban J connectivity index is 1.51. The highest BCUT2D eigenvalue weighted by molar-refractivity contribution is 6.30. The van der Waals surface area contributed by atoms with E-state index in [-0.39, 0.29) is 10.8 Å². The Hall–Kier alpha value is -0.980. The summed E-state index contributed by atoms with van der Waals surface area (Å²) in [5.41, 5.74) is 5.10. The first-order chi connectivity index (χ1) is 15.6. The van der Waals surface area contributed by atoms with Crippen LogP contribution >= 0.6 is 23.2 Å². The summed E-state index contributed by atoms with van der Waals surface area (Å²) in [7, 11) is 0. The van der Waals surface area contributed by atoms with E-state index in [4.69, 9.17) is 23.2 Å². The van der Waals surface area contributed by atoms with Gasteiger partial charge in [-0.2, -0.15) is 0 Å². The van der Waals surface area contributed by atoms with Crippen LogP contribution in [0.5, 0.6) is 0 Å². The fourth-order valence-corrected chi connectivity index (χ4v) is 5.95. The van der Waals surface area contributed by atoms with Crippen molar-refractivity contribution in [3.05, 3.63) is 59.7 Å². The Morgan fingerprint density at radius 2 is 1.28 bits per heavy atom. The molecule has 2 aromatic carbocycles. The van der Waals surface area contributed by atoms with Crippen LogP contribution < -0.4 is 0 Å². The van der Waals surface area contributed by atoms with Gasteiger partial charge in [0.15, 0.2) is 0 Å². The topological polar surface area (TPSA) is 0 Å². The van der Waals surface area contributed by atoms with E-state index in [0.29, 0.717) is 5.92 Å². The van der Waals surface area contributed by atoms with Crippen LogP contribution in [0.2, 0.25) is 0 Å². The Labute approximate surface area is 207 Å². The summed E-state index contributed by atoms with van der Waals surface area (Å²) in [6, 6.07) is 17.8. The molecule has 0 bridgehead atoms. The molecule has 0 radical (unpaired) electrons. The third-order valence-electron chi connectivity index (χ3n) is 7.42. The maximum atomic E-state index is 6.91. The first-order valence-electron chi connectivity index (χ1n) is 13.1. The van der Waals surface area contributed by atoms with Gasteiger partial charge >= 0.3 is 0 Å². The van der Waals surface area contributed by atoms with E-state index in [2.05, 4.69) is 62.4 Å². The summed E-state index contributed by atoms with van der Waals surface area (Å²) in [6.07, 6.45) is 15.6. The molecule has 0 amide bonds. The van der Waals surface area contributed by atoms with Crippen LogP contribution in [-0.4, -0.2) is 5.38 Å². The van der Waals surface area contributed by atoms with Crippen molar-refractivity contribution in [1.29, 1.82) is 0 Å². The number of unbranched alkanes of at least 4 members (excludes halogenated alkanes) is 4. The lowest BCUT2D eigenvalue weighted by Gasteiger charge is -2.33. The van der Waals surface area contributed by atoms with Crippen molar-refractivity contribution in [2.75, 3.05) is 0 Å². The lowest BCUT2D eigenvalue weighted by molar-refractivity contribution is 0.250. The van der Waals surface area contributed by atoms with E-state index in [9.17, 15) is 0 Å². The molecule has 2 atom stereocenters. The predicted octanol–water partition coefficient (Wildman–Crippen LogP) is 10.4. The molecule has 0 heterocycles. The molecule has 1 fully saturated rings. The Morgan fingerprint density at radius 1 is 0.719 bits per heavy atom. The summed E-state index contributed by atoms with van der Waals surface area (Å²) < 4.78 is 0. The van der Waals surface area contributed by atoms with Crippen molar-refractivity contribution < 1.29 is 0 Å². The molecule has 32 heavy (non-hydrogen) atoms. The second kappa shape index (κ2) is 13.7. The number of alkyl halides is 2. The Morgan fingerprint density at radius 3 is 1.88 bits per heavy atom. The third-order valence-corrected chi connectivity index (χ3v) is 8.68. The number of benzene rings is 2. The first-order valence-corrected chi connectivity index (χ1v) is 14.0. The average Bonchev–Trinajstić information content (AvgIpc) is 2.84. The summed E-state index contributed by atoms with van der Waals surface area (Å²) in [4.78, 5) is 0. The molecule has 0 saturated heterocycles. The second-order valence-corrected chi connectivity index (χ2v) is 10.9. The van der Waals surface area contributed by atoms with Gasteiger partial charge in [-0.15, -0.1) is 23.2 Å². The third kappa shape index (κ3) is 7.53. The summed E-state index contributed by atoms with van der Waals surface area (Å²) in [5, 5.41) is -0.102. The molecule has 0 aromatic heterocycles. The van der Waals surface area contributed by atoms with Gasteiger partial charge in [-0.05, 0) is 59.8 Å². The van der Waals surface area contributed by atoms with Crippen LogP contribution in [0.1, 0.15) is 101 Å². The van der Waals surface area contributed by atoms with Crippen molar-refractivity contribution >= 4 is 23.2 Å². The zero-order chi connectivity index (χ0) is 22.8. The van der Waals surface area contributed by atoms with E-state index in [1.807, 2.05) is 0 Å². The molecule has 176 valence electrons. The SMILES string of the molecule is CCCCCc1ccc(-c2ccc([C@H](Cl)[C@H](Cl)C3CCC(CCCCC)CC3)cc2)cc1. The van der Waals surface area contributed by atoms with E-state index in [1.165, 1.54) is 93.7 Å². The van der Waals surface area contributed by atoms with Gasteiger partial charge in [-0.3, -0.25) is 0 Å². The predicted molar refractivity (Wildman–Crippen MR) is 143 cm³/mol. The molecule has 3 rings (SSSR count). The van der Waals surface area contributed by atoms with Crippen LogP contribution in [0.4, 0.5) is 0 Å². The number of aryl methyl sites for hydroxylation is 1. The monoisotopic (exact) mass is 472 g/mol. The van der Waals surface area contributed by atoms with E-state index < -0.39 is 0 Å². The smallest absolute Gasteiger partial charge is 0.0751 e. The highest BCUT2D eigenvalue weighted by atomic mass is 35.5. The zero-order valence-electron chi connectivity index (χ0n) is 20.2. The Kier molecular flexibility index (Phi) is 10.9. The minimum atomic E-state index is -0.117. The number of rotatable bonds is 12. The first kappa shape index (κ1) is 25.6. The van der Waals surface area contributed by atoms with E-state index in [1.54, 1.807) is 0 Å². The molecule has 2 heteroatoms. The van der Waals surface area contributed by atoms with Gasteiger partial charge in [0.2, 0.25) is 0 Å². The quantitative estimate of drug-likeness (QED) is 0.212. The molecular weight excluding hydrogens is 431 g/mol. The van der Waals surface area contributed by atoms with Crippen LogP contribution in [0, 0.1) is 11.8 Å². The van der Waals surface area contributed by atoms with Crippen LogP contribution in [0.15, 0.2) is 48.5 Å². The molecule has 2 aromatic rings. The summed E-state index contributed by atoms with van der Waals surface area (Å²) in [5.74, 6) is 1.45. The minimum Gasteiger partial charge on any atom is -0.121 e. The van der Waals surface area contributed by atoms with Crippen LogP contribution in [-0.2, 0) is 6.42 Å². The zero-order valence-corrected chi connectivity index (χ0v) is 21.7. The average molecular weight is 474 g/mol. The maximum Gasteiger partial charge on any atom is 0.0751 e. The van der Waals surface area contributed by atoms with Crippen molar-refractivity contribution in [3.8, 4) is 11.1 Å². The molecule has 1 aliphatic rings. The van der Waals surface area contributed by atoms with E-state index >= 15 is 0 Å². The maximum absolute atomic E-state index is 6.91. The van der Waals surface area contributed by atoms with Crippen LogP contribution in [0.25, 0.3) is 11.1 Å². The number of hydrogen-bond acceptors (Lipinski definition) is 0. The van der Waals surface area contributed by atoms with Gasteiger partial charge in [0.1, 0.15) is 0 Å². The normalized spacial score (nSPS) is 20.8. The fraction of sp³-hybridized carbons (Fsp3) is 0.600. The molecule has 0 aliphatic heterocycles. The van der Waals surface area contributed by atoms with Gasteiger partial charge in [0.05, 0.1) is 10.8 Å². The lowest BCUT2D eigenvalue weighted by atomic mass is 9.77. The van der Waals surface area contributed by atoms with Crippen molar-refractivity contribution in [1.82, 2.24) is 0 Å². The second-order valence-electron chi connectivity index (χ2n) is 9.90. The minimum absolute atomic E-state index is 0.0153. The number of hydrogen-bond donors (Lipinski definition) is 0. The Bertz CT molecular complexity index is 756. The summed E-state index contributed by atoms with van der Waals surface area (Å²) >= 11 is 13.8. The molecule has 0 N–H and O–H groups in total. The highest BCUT2D eigenvalue weighted by Crippen LogP contribution is 2.41. The van der Waals surface area contributed by atoms with Crippen molar-refractivity contribution in [2.24, 2.45) is 11.8 Å². The van der Waals surface area contributed by atoms with E-state index in [0.717, 1.165) is 11.5 Å². The fourth-order valence-electron chi connectivity index (χ4n) is 5.20. The van der Waals surface area contributed by atoms with Gasteiger partial charge in [0.25, 0.3) is 0 Å². The van der Waals surface area contributed by atoms with Gasteiger partial charge in [-0.1, -0.05) is 114 Å². The number of halogens is 2. The van der Waals surface area contributed by atoms with Crippen molar-refractivity contribution in [2.45, 2.75) is 102 Å². The van der Waals surface area contributed by atoms with Crippen molar-refractivity contribution in [3.63, 3.8) is 0 Å². The molecular formula is C30H42Cl2. The largest absolute Gasteiger partial charge is 0.121 e. The molecule has 1 aliphatic carbocycles. The molecule has 0 nitrogen and oxygen atoms in total. The van der Waals surface area contributed by atoms with Gasteiger partial charge in [0, 0.05) is 0 Å². The van der Waals surface area contributed by atoms with Gasteiger partial charge < -0.3 is 0 Å². The molecule has 0 unspecified atom stereocenters. The lowest BCUT2D eigenvalue weighted by Crippen LogP contribution is -2.25. The standard InChI is InChI=1S/C30H42Cl2/c1-3-5-7-9-23-11-15-25(16-12-23)26-19-21-28(22-20-26)30(32)29(31)27-17-13-24(14-18-27)10-8-6-4-2/h11-12,15-16,19-22,24,27,29-30H,3-10,13-14,17-18H2,1-2H3/t24?,27?,29-,30+/m1/s1. The highest BCUT2D eigenvalue weighted by Gasteiger charge is 2.31.